The molecular formula is C23H24N4O3S. The van der Waals surface area contributed by atoms with Crippen LogP contribution in [-0.2, 0) is 9.59 Å². The highest BCUT2D eigenvalue weighted by molar-refractivity contribution is 7.15. The predicted octanol–water partition coefficient (Wildman–Crippen LogP) is 4.20. The largest absolute Gasteiger partial charge is 0.497 e. The van der Waals surface area contributed by atoms with Gasteiger partial charge in [0.25, 0.3) is 0 Å². The molecule has 2 heterocycles. The summed E-state index contributed by atoms with van der Waals surface area (Å²) >= 11 is 1.33. The van der Waals surface area contributed by atoms with Crippen molar-refractivity contribution in [3.63, 3.8) is 0 Å². The number of hydrogen-bond acceptors (Lipinski definition) is 6. The molecule has 3 aromatic rings. The van der Waals surface area contributed by atoms with Crippen LogP contribution in [0.3, 0.4) is 0 Å². The summed E-state index contributed by atoms with van der Waals surface area (Å²) in [5.74, 6) is 0.771. The van der Waals surface area contributed by atoms with E-state index in [-0.39, 0.29) is 23.7 Å². The minimum atomic E-state index is -0.0959. The Kier molecular flexibility index (Phi) is 6.27. The van der Waals surface area contributed by atoms with Gasteiger partial charge in [0.15, 0.2) is 0 Å². The summed E-state index contributed by atoms with van der Waals surface area (Å²) in [7, 11) is 1.61. The lowest BCUT2D eigenvalue weighted by Crippen LogP contribution is -2.24. The molecule has 1 N–H and O–H groups in total. The molecule has 0 spiro atoms. The summed E-state index contributed by atoms with van der Waals surface area (Å²) in [6.45, 7) is 2.57. The number of anilines is 2. The summed E-state index contributed by atoms with van der Waals surface area (Å²) in [5, 5.41) is 12.4. The van der Waals surface area contributed by atoms with Crippen molar-refractivity contribution in [1.82, 2.24) is 10.2 Å². The summed E-state index contributed by atoms with van der Waals surface area (Å²) in [5.41, 5.74) is 1.96. The fourth-order valence-electron chi connectivity index (χ4n) is 3.68. The highest BCUT2D eigenvalue weighted by atomic mass is 32.1. The third-order valence-corrected chi connectivity index (χ3v) is 6.41. The molecule has 2 unspecified atom stereocenters. The Morgan fingerprint density at radius 2 is 1.94 bits per heavy atom. The van der Waals surface area contributed by atoms with Crippen molar-refractivity contribution >= 4 is 34.0 Å². The van der Waals surface area contributed by atoms with E-state index in [2.05, 4.69) is 15.5 Å². The van der Waals surface area contributed by atoms with Gasteiger partial charge in [0.2, 0.25) is 16.9 Å². The number of carbonyl (C=O) groups excluding carboxylic acids is 2. The standard InChI is InChI=1S/C23H24N4O3S/c1-15(16-6-4-3-5-7-16)12-20(28)24-23-26-25-22(31-23)17-13-21(29)27(14-17)18-8-10-19(30-2)11-9-18/h3-11,15,17H,12-14H2,1-2H3,(H,24,26,28). The fourth-order valence-corrected chi connectivity index (χ4v) is 4.53. The summed E-state index contributed by atoms with van der Waals surface area (Å²) in [4.78, 5) is 26.7. The second-order valence-electron chi connectivity index (χ2n) is 7.61. The zero-order valence-corrected chi connectivity index (χ0v) is 18.3. The Morgan fingerprint density at radius 1 is 1.19 bits per heavy atom. The molecular weight excluding hydrogens is 412 g/mol. The van der Waals surface area contributed by atoms with Gasteiger partial charge in [-0.15, -0.1) is 10.2 Å². The van der Waals surface area contributed by atoms with Gasteiger partial charge in [-0.05, 0) is 35.7 Å². The average Bonchev–Trinajstić information content (AvgIpc) is 3.41. The molecule has 1 aliphatic rings. The minimum absolute atomic E-state index is 0.0407. The zero-order valence-electron chi connectivity index (χ0n) is 17.4. The molecule has 4 rings (SSSR count). The van der Waals surface area contributed by atoms with Crippen LogP contribution in [0.1, 0.15) is 42.2 Å². The lowest BCUT2D eigenvalue weighted by molar-refractivity contribution is -0.117. The highest BCUT2D eigenvalue weighted by Gasteiger charge is 2.34. The molecule has 1 saturated heterocycles. The van der Waals surface area contributed by atoms with Gasteiger partial charge in [-0.1, -0.05) is 48.6 Å². The van der Waals surface area contributed by atoms with Crippen molar-refractivity contribution in [2.75, 3.05) is 23.9 Å². The Bertz CT molecular complexity index is 1050. The van der Waals surface area contributed by atoms with Crippen LogP contribution in [0.25, 0.3) is 0 Å². The Hall–Kier alpha value is -3.26. The average molecular weight is 437 g/mol. The maximum Gasteiger partial charge on any atom is 0.227 e. The van der Waals surface area contributed by atoms with E-state index in [1.807, 2.05) is 61.5 Å². The van der Waals surface area contributed by atoms with Crippen LogP contribution in [0.5, 0.6) is 5.75 Å². The number of carbonyl (C=O) groups is 2. The monoisotopic (exact) mass is 436 g/mol. The predicted molar refractivity (Wildman–Crippen MR) is 121 cm³/mol. The van der Waals surface area contributed by atoms with Crippen LogP contribution in [0.4, 0.5) is 10.8 Å². The highest BCUT2D eigenvalue weighted by Crippen LogP contribution is 2.35. The Balaban J connectivity index is 1.36. The molecule has 2 atom stereocenters. The molecule has 8 heteroatoms. The lowest BCUT2D eigenvalue weighted by atomic mass is 9.98. The first-order chi connectivity index (χ1) is 15.0. The van der Waals surface area contributed by atoms with Crippen LogP contribution in [0.15, 0.2) is 54.6 Å². The van der Waals surface area contributed by atoms with Crippen LogP contribution < -0.4 is 15.0 Å². The maximum atomic E-state index is 12.5. The van der Waals surface area contributed by atoms with E-state index in [1.54, 1.807) is 12.0 Å². The molecule has 0 bridgehead atoms. The third kappa shape index (κ3) is 4.91. The number of hydrogen-bond donors (Lipinski definition) is 1. The smallest absolute Gasteiger partial charge is 0.227 e. The van der Waals surface area contributed by atoms with E-state index >= 15 is 0 Å². The van der Waals surface area contributed by atoms with Gasteiger partial charge in [-0.2, -0.15) is 0 Å². The van der Waals surface area contributed by atoms with Crippen LogP contribution in [-0.4, -0.2) is 35.7 Å². The van der Waals surface area contributed by atoms with Crippen molar-refractivity contribution in [3.05, 3.63) is 65.2 Å². The Morgan fingerprint density at radius 3 is 2.65 bits per heavy atom. The Labute approximate surface area is 185 Å². The zero-order chi connectivity index (χ0) is 21.8. The van der Waals surface area contributed by atoms with E-state index in [9.17, 15) is 9.59 Å². The number of methoxy groups -OCH3 is 1. The van der Waals surface area contributed by atoms with E-state index in [0.29, 0.717) is 24.5 Å². The first-order valence-electron chi connectivity index (χ1n) is 10.2. The van der Waals surface area contributed by atoms with Gasteiger partial charge >= 0.3 is 0 Å². The molecule has 0 aliphatic carbocycles. The van der Waals surface area contributed by atoms with Crippen molar-refractivity contribution in [2.45, 2.75) is 31.6 Å². The molecule has 1 aliphatic heterocycles. The quantitative estimate of drug-likeness (QED) is 0.600. The molecule has 1 fully saturated rings. The second-order valence-corrected chi connectivity index (χ2v) is 8.62. The maximum absolute atomic E-state index is 12.5. The van der Waals surface area contributed by atoms with E-state index in [4.69, 9.17) is 4.74 Å². The topological polar surface area (TPSA) is 84.4 Å². The van der Waals surface area contributed by atoms with Crippen molar-refractivity contribution < 1.29 is 14.3 Å². The van der Waals surface area contributed by atoms with Crippen LogP contribution >= 0.6 is 11.3 Å². The van der Waals surface area contributed by atoms with Crippen molar-refractivity contribution in [3.8, 4) is 5.75 Å². The summed E-state index contributed by atoms with van der Waals surface area (Å²) in [6, 6.07) is 17.4. The van der Waals surface area contributed by atoms with Crippen LogP contribution in [0.2, 0.25) is 0 Å². The van der Waals surface area contributed by atoms with Gasteiger partial charge < -0.3 is 15.0 Å². The van der Waals surface area contributed by atoms with Gasteiger partial charge in [0, 0.05) is 31.0 Å². The minimum Gasteiger partial charge on any atom is -0.497 e. The summed E-state index contributed by atoms with van der Waals surface area (Å²) < 4.78 is 5.18. The van der Waals surface area contributed by atoms with E-state index in [1.165, 1.54) is 11.3 Å². The number of rotatable bonds is 7. The van der Waals surface area contributed by atoms with E-state index < -0.39 is 0 Å². The van der Waals surface area contributed by atoms with Gasteiger partial charge in [0.1, 0.15) is 10.8 Å². The molecule has 0 radical (unpaired) electrons. The molecule has 1 aromatic heterocycles. The third-order valence-electron chi connectivity index (χ3n) is 5.41. The van der Waals surface area contributed by atoms with Gasteiger partial charge in [0.05, 0.1) is 7.11 Å². The first-order valence-corrected chi connectivity index (χ1v) is 11.0. The first kappa shape index (κ1) is 21.0. The molecule has 31 heavy (non-hydrogen) atoms. The second kappa shape index (κ2) is 9.26. The lowest BCUT2D eigenvalue weighted by Gasteiger charge is -2.16. The van der Waals surface area contributed by atoms with Crippen molar-refractivity contribution in [1.29, 1.82) is 0 Å². The SMILES string of the molecule is COc1ccc(N2CC(c3nnc(NC(=O)CC(C)c4ccccc4)s3)CC2=O)cc1. The molecule has 2 aromatic carbocycles. The van der Waals surface area contributed by atoms with Gasteiger partial charge in [-0.3, -0.25) is 9.59 Å². The van der Waals surface area contributed by atoms with Crippen molar-refractivity contribution in [2.24, 2.45) is 0 Å². The molecule has 0 saturated carbocycles. The molecule has 2 amide bonds. The number of ether oxygens (including phenoxy) is 1. The van der Waals surface area contributed by atoms with Crippen LogP contribution in [0, 0.1) is 0 Å². The number of nitrogens with zero attached hydrogens (tertiary/aromatic N) is 3. The number of amides is 2. The normalized spacial score (nSPS) is 16.9. The fraction of sp³-hybridized carbons (Fsp3) is 0.304. The molecule has 7 nitrogen and oxygen atoms in total. The number of benzene rings is 2. The number of nitrogens with one attached hydrogen (secondary N) is 1. The molecule has 160 valence electrons. The number of aromatic nitrogens is 2. The van der Waals surface area contributed by atoms with Gasteiger partial charge in [-0.25, -0.2) is 0 Å². The summed E-state index contributed by atoms with van der Waals surface area (Å²) in [6.07, 6.45) is 0.742. The van der Waals surface area contributed by atoms with E-state index in [0.717, 1.165) is 22.0 Å².